The van der Waals surface area contributed by atoms with E-state index in [2.05, 4.69) is 33.9 Å². The third-order valence-electron chi connectivity index (χ3n) is 6.33. The lowest BCUT2D eigenvalue weighted by atomic mass is 10.0. The zero-order valence-electron chi connectivity index (χ0n) is 27.3. The summed E-state index contributed by atoms with van der Waals surface area (Å²) in [7, 11) is 0. The number of allylic oxidation sites excluding steroid dienone is 1. The second-order valence-corrected chi connectivity index (χ2v) is 12.0. The monoisotopic (exact) mass is 687 g/mol. The standard InChI is InChI=1S/C34H43Cl2N5O6/c1-7-10-11-16-37-22-31(43)39-32-26(35)18-23(19-27(32)36)20-29(41(33(44)45)34(4,5)6)38-30(42)21-28(40-47-9-3)24-12-14-25(15-13-24)46-17-8-2/h7-8,12-15,18-19,37H,1-2,9-11,16-17,20-22H2,3-6H3,(H,39,43)(H,44,45). The van der Waals surface area contributed by atoms with Gasteiger partial charge in [-0.15, -0.1) is 6.58 Å². The van der Waals surface area contributed by atoms with Crippen molar-refractivity contribution < 1.29 is 29.1 Å². The maximum atomic E-state index is 13.4. The van der Waals surface area contributed by atoms with E-state index in [0.717, 1.165) is 17.7 Å². The van der Waals surface area contributed by atoms with Gasteiger partial charge in [-0.05, 0) is 89.0 Å². The molecule has 13 heteroatoms. The van der Waals surface area contributed by atoms with Crippen LogP contribution in [0.1, 0.15) is 58.1 Å². The molecule has 0 fully saturated rings. The molecular formula is C34H43Cl2N5O6. The van der Waals surface area contributed by atoms with Crippen molar-refractivity contribution in [3.8, 4) is 5.75 Å². The SMILES string of the molecule is C=CCCCNCC(=O)Nc1c(Cl)cc(CC(=NC(=O)CC(=NOCC)c2ccc(OCC=C)cc2)N(C(=O)O)C(C)(C)C)cc1Cl. The van der Waals surface area contributed by atoms with Gasteiger partial charge in [0, 0.05) is 17.5 Å². The van der Waals surface area contributed by atoms with Crippen molar-refractivity contribution in [1.82, 2.24) is 10.2 Å². The minimum Gasteiger partial charge on any atom is -0.490 e. The topological polar surface area (TPSA) is 142 Å². The Hall–Kier alpha value is -4.19. The molecule has 0 bridgehead atoms. The van der Waals surface area contributed by atoms with E-state index in [1.165, 1.54) is 0 Å². The molecular weight excluding hydrogens is 645 g/mol. The normalized spacial score (nSPS) is 11.9. The van der Waals surface area contributed by atoms with Crippen LogP contribution in [-0.4, -0.2) is 71.3 Å². The van der Waals surface area contributed by atoms with Gasteiger partial charge in [-0.3, -0.25) is 14.5 Å². The summed E-state index contributed by atoms with van der Waals surface area (Å²) in [5.74, 6) is -0.424. The zero-order chi connectivity index (χ0) is 35.0. The van der Waals surface area contributed by atoms with Crippen molar-refractivity contribution in [3.05, 3.63) is 82.9 Å². The highest BCUT2D eigenvalue weighted by atomic mass is 35.5. The van der Waals surface area contributed by atoms with Gasteiger partial charge in [-0.2, -0.15) is 4.99 Å². The summed E-state index contributed by atoms with van der Waals surface area (Å²) in [6.45, 7) is 15.4. The molecule has 3 amide bonds. The number of carbonyl (C=O) groups is 3. The summed E-state index contributed by atoms with van der Waals surface area (Å²) in [6, 6.07) is 10.0. The Morgan fingerprint density at radius 2 is 1.72 bits per heavy atom. The fraction of sp³-hybridized carbons (Fsp3) is 0.382. The molecule has 11 nitrogen and oxygen atoms in total. The largest absolute Gasteiger partial charge is 0.490 e. The number of nitrogens with zero attached hydrogens (tertiary/aromatic N) is 3. The van der Waals surface area contributed by atoms with E-state index in [4.69, 9.17) is 32.8 Å². The number of aliphatic imine (C=N–C) groups is 1. The van der Waals surface area contributed by atoms with Gasteiger partial charge in [0.1, 0.15) is 24.8 Å². The Labute approximate surface area is 286 Å². The van der Waals surface area contributed by atoms with Crippen molar-refractivity contribution in [2.45, 2.75) is 58.9 Å². The first-order chi connectivity index (χ1) is 22.3. The van der Waals surface area contributed by atoms with Crippen LogP contribution in [0.3, 0.4) is 0 Å². The van der Waals surface area contributed by atoms with Crippen LogP contribution in [-0.2, 0) is 20.8 Å². The highest BCUT2D eigenvalue weighted by molar-refractivity contribution is 6.40. The molecule has 0 saturated carbocycles. The number of halogens is 2. The number of carboxylic acid groups (broad SMARTS) is 1. The summed E-state index contributed by atoms with van der Waals surface area (Å²) >= 11 is 13.0. The van der Waals surface area contributed by atoms with Gasteiger partial charge >= 0.3 is 6.09 Å². The molecule has 0 unspecified atom stereocenters. The van der Waals surface area contributed by atoms with E-state index in [-0.39, 0.29) is 53.5 Å². The quantitative estimate of drug-likeness (QED) is 0.0528. The van der Waals surface area contributed by atoms with Crippen molar-refractivity contribution in [1.29, 1.82) is 0 Å². The highest BCUT2D eigenvalue weighted by Crippen LogP contribution is 2.32. The summed E-state index contributed by atoms with van der Waals surface area (Å²) < 4.78 is 5.53. The number of anilines is 1. The molecule has 0 heterocycles. The molecule has 254 valence electrons. The number of nitrogens with one attached hydrogen (secondary N) is 2. The van der Waals surface area contributed by atoms with Crippen molar-refractivity contribution >= 4 is 58.3 Å². The Balaban J connectivity index is 2.38. The Morgan fingerprint density at radius 3 is 2.28 bits per heavy atom. The smallest absolute Gasteiger partial charge is 0.413 e. The lowest BCUT2D eigenvalue weighted by Gasteiger charge is -2.34. The molecule has 0 aliphatic carbocycles. The van der Waals surface area contributed by atoms with Crippen LogP contribution >= 0.6 is 23.2 Å². The van der Waals surface area contributed by atoms with E-state index >= 15 is 0 Å². The van der Waals surface area contributed by atoms with Crippen molar-refractivity contribution in [3.63, 3.8) is 0 Å². The summed E-state index contributed by atoms with van der Waals surface area (Å²) in [6.07, 6.45) is 3.43. The summed E-state index contributed by atoms with van der Waals surface area (Å²) in [4.78, 5) is 48.9. The van der Waals surface area contributed by atoms with Gasteiger partial charge in [0.05, 0.1) is 34.4 Å². The van der Waals surface area contributed by atoms with E-state index in [1.807, 2.05) is 6.08 Å². The molecule has 0 spiro atoms. The molecule has 2 rings (SSSR count). The first-order valence-electron chi connectivity index (χ1n) is 15.1. The van der Waals surface area contributed by atoms with Crippen LogP contribution < -0.4 is 15.4 Å². The van der Waals surface area contributed by atoms with Gasteiger partial charge < -0.3 is 25.3 Å². The van der Waals surface area contributed by atoms with Gasteiger partial charge in [-0.1, -0.05) is 47.1 Å². The van der Waals surface area contributed by atoms with Crippen LogP contribution in [0.25, 0.3) is 0 Å². The molecule has 0 radical (unpaired) electrons. The third-order valence-corrected chi connectivity index (χ3v) is 6.92. The minimum absolute atomic E-state index is 0.0495. The lowest BCUT2D eigenvalue weighted by molar-refractivity contribution is -0.117. The van der Waals surface area contributed by atoms with Crippen LogP contribution in [0.2, 0.25) is 10.0 Å². The molecule has 0 saturated heterocycles. The Bertz CT molecular complexity index is 1450. The summed E-state index contributed by atoms with van der Waals surface area (Å²) in [5.41, 5.74) is 0.626. The van der Waals surface area contributed by atoms with E-state index in [0.29, 0.717) is 35.7 Å². The molecule has 2 aromatic rings. The number of hydrogen-bond donors (Lipinski definition) is 3. The molecule has 0 aromatic heterocycles. The molecule has 47 heavy (non-hydrogen) atoms. The molecule has 0 atom stereocenters. The number of oxime groups is 1. The van der Waals surface area contributed by atoms with Gasteiger partial charge in [0.25, 0.3) is 5.91 Å². The number of amidine groups is 1. The van der Waals surface area contributed by atoms with Crippen LogP contribution in [0, 0.1) is 0 Å². The summed E-state index contributed by atoms with van der Waals surface area (Å²) in [5, 5.41) is 20.3. The van der Waals surface area contributed by atoms with Gasteiger partial charge in [0.2, 0.25) is 5.91 Å². The second-order valence-electron chi connectivity index (χ2n) is 11.2. The van der Waals surface area contributed by atoms with Crippen LogP contribution in [0.15, 0.2) is 71.9 Å². The first kappa shape index (κ1) is 39.0. The lowest BCUT2D eigenvalue weighted by Crippen LogP contribution is -2.49. The molecule has 2 aromatic carbocycles. The average molecular weight is 689 g/mol. The maximum Gasteiger partial charge on any atom is 0.413 e. The minimum atomic E-state index is -1.30. The zero-order valence-corrected chi connectivity index (χ0v) is 28.8. The van der Waals surface area contributed by atoms with E-state index in [1.54, 1.807) is 70.2 Å². The highest BCUT2D eigenvalue weighted by Gasteiger charge is 2.32. The predicted molar refractivity (Wildman–Crippen MR) is 188 cm³/mol. The average Bonchev–Trinajstić information content (AvgIpc) is 2.99. The predicted octanol–water partition coefficient (Wildman–Crippen LogP) is 7.13. The number of benzene rings is 2. The fourth-order valence-electron chi connectivity index (χ4n) is 4.29. The van der Waals surface area contributed by atoms with Crippen molar-refractivity contribution in [2.75, 3.05) is 31.6 Å². The van der Waals surface area contributed by atoms with Gasteiger partial charge in [0.15, 0.2) is 0 Å². The number of hydrogen-bond acceptors (Lipinski definition) is 7. The Morgan fingerprint density at radius 1 is 1.06 bits per heavy atom. The number of unbranched alkanes of at least 4 members (excludes halogenated alkanes) is 1. The fourth-order valence-corrected chi connectivity index (χ4v) is 4.92. The number of carbonyl (C=O) groups excluding carboxylic acids is 2. The van der Waals surface area contributed by atoms with E-state index < -0.39 is 17.5 Å². The maximum absolute atomic E-state index is 13.4. The Kier molecular flexibility index (Phi) is 16.1. The first-order valence-corrected chi connectivity index (χ1v) is 15.8. The molecule has 0 aliphatic heterocycles. The molecule has 0 aliphatic rings. The number of amides is 3. The second kappa shape index (κ2) is 19.5. The third kappa shape index (κ3) is 13.2. The van der Waals surface area contributed by atoms with Gasteiger partial charge in [-0.25, -0.2) is 4.79 Å². The van der Waals surface area contributed by atoms with Crippen molar-refractivity contribution in [2.24, 2.45) is 10.1 Å². The number of rotatable bonds is 17. The van der Waals surface area contributed by atoms with Crippen LogP contribution in [0.4, 0.5) is 10.5 Å². The number of ether oxygens (including phenoxy) is 1. The molecule has 3 N–H and O–H groups in total. The van der Waals surface area contributed by atoms with Crippen LogP contribution in [0.5, 0.6) is 5.75 Å². The van der Waals surface area contributed by atoms with E-state index in [9.17, 15) is 19.5 Å².